The van der Waals surface area contributed by atoms with Gasteiger partial charge in [-0.2, -0.15) is 0 Å². The Balaban J connectivity index is 1.48. The molecular formula is C31H27NO5. The molecule has 0 saturated heterocycles. The van der Waals surface area contributed by atoms with E-state index in [0.717, 1.165) is 63.9 Å². The number of para-hydroxylation sites is 1. The van der Waals surface area contributed by atoms with Gasteiger partial charge in [0.1, 0.15) is 12.4 Å². The largest absolute Gasteiger partial charge is 0.497 e. The lowest BCUT2D eigenvalue weighted by molar-refractivity contribution is 0.0472. The minimum absolute atomic E-state index is 0.0975. The molecule has 1 aromatic heterocycles. The van der Waals surface area contributed by atoms with Crippen LogP contribution in [0, 0.1) is 0 Å². The van der Waals surface area contributed by atoms with E-state index in [-0.39, 0.29) is 12.6 Å². The first-order valence-electron chi connectivity index (χ1n) is 12.2. The van der Waals surface area contributed by atoms with Gasteiger partial charge in [-0.15, -0.1) is 0 Å². The Kier molecular flexibility index (Phi) is 6.99. The number of esters is 2. The third-order valence-electron chi connectivity index (χ3n) is 6.58. The molecule has 0 atom stereocenters. The van der Waals surface area contributed by atoms with Gasteiger partial charge in [0.2, 0.25) is 0 Å². The van der Waals surface area contributed by atoms with Gasteiger partial charge in [0, 0.05) is 5.39 Å². The molecule has 0 unspecified atom stereocenters. The average molecular weight is 494 g/mol. The Morgan fingerprint density at radius 1 is 0.892 bits per heavy atom. The maximum absolute atomic E-state index is 13.5. The average Bonchev–Trinajstić information content (AvgIpc) is 2.95. The van der Waals surface area contributed by atoms with E-state index in [2.05, 4.69) is 6.08 Å². The number of rotatable bonds is 6. The third-order valence-corrected chi connectivity index (χ3v) is 6.58. The Morgan fingerprint density at radius 2 is 1.65 bits per heavy atom. The van der Waals surface area contributed by atoms with Crippen molar-refractivity contribution in [2.45, 2.75) is 25.9 Å². The van der Waals surface area contributed by atoms with Crippen molar-refractivity contribution in [3.8, 4) is 5.75 Å². The van der Waals surface area contributed by atoms with E-state index in [1.807, 2.05) is 48.5 Å². The predicted octanol–water partition coefficient (Wildman–Crippen LogP) is 6.26. The summed E-state index contributed by atoms with van der Waals surface area (Å²) in [6.45, 7) is 0.0975. The minimum atomic E-state index is -0.406. The molecule has 3 aromatic carbocycles. The van der Waals surface area contributed by atoms with Gasteiger partial charge in [-0.1, -0.05) is 42.5 Å². The minimum Gasteiger partial charge on any atom is -0.497 e. The summed E-state index contributed by atoms with van der Waals surface area (Å²) in [5.41, 5.74) is 6.51. The molecule has 0 fully saturated rings. The van der Waals surface area contributed by atoms with Crippen LogP contribution in [0.2, 0.25) is 0 Å². The number of hydrogen-bond acceptors (Lipinski definition) is 6. The van der Waals surface area contributed by atoms with Crippen LogP contribution in [-0.2, 0) is 22.5 Å². The Hall–Kier alpha value is -4.45. The third kappa shape index (κ3) is 5.09. The number of benzene rings is 3. The summed E-state index contributed by atoms with van der Waals surface area (Å²) in [6, 6.07) is 22.4. The zero-order valence-corrected chi connectivity index (χ0v) is 20.8. The van der Waals surface area contributed by atoms with Crippen LogP contribution >= 0.6 is 0 Å². The Labute approximate surface area is 215 Å². The number of hydrogen-bond donors (Lipinski definition) is 0. The number of nitrogens with zero attached hydrogens (tertiary/aromatic N) is 1. The van der Waals surface area contributed by atoms with Gasteiger partial charge in [-0.3, -0.25) is 0 Å². The molecular weight excluding hydrogens is 466 g/mol. The zero-order valence-electron chi connectivity index (χ0n) is 20.8. The molecule has 0 saturated carbocycles. The molecule has 0 amide bonds. The number of fused-ring (bicyclic) bond motifs is 2. The highest BCUT2D eigenvalue weighted by molar-refractivity contribution is 6.06. The van der Waals surface area contributed by atoms with E-state index in [4.69, 9.17) is 19.2 Å². The highest BCUT2D eigenvalue weighted by Gasteiger charge is 2.26. The Morgan fingerprint density at radius 3 is 2.38 bits per heavy atom. The fourth-order valence-electron chi connectivity index (χ4n) is 4.69. The SMILES string of the molecule is COC(=O)c1ccc(COC(=O)c2c3c(nc4ccccc24)C(=Cc2ccc(OC)cc2)CCC3)cc1. The summed E-state index contributed by atoms with van der Waals surface area (Å²) in [7, 11) is 2.99. The second-order valence-corrected chi connectivity index (χ2v) is 8.89. The topological polar surface area (TPSA) is 74.7 Å². The van der Waals surface area contributed by atoms with Crippen molar-refractivity contribution >= 4 is 34.5 Å². The second kappa shape index (κ2) is 10.7. The van der Waals surface area contributed by atoms with E-state index >= 15 is 0 Å². The molecule has 1 heterocycles. The van der Waals surface area contributed by atoms with Crippen LogP contribution in [0.5, 0.6) is 5.75 Å². The van der Waals surface area contributed by atoms with Gasteiger partial charge >= 0.3 is 11.9 Å². The van der Waals surface area contributed by atoms with Crippen LogP contribution in [0.4, 0.5) is 0 Å². The maximum atomic E-state index is 13.5. The highest BCUT2D eigenvalue weighted by Crippen LogP contribution is 2.36. The van der Waals surface area contributed by atoms with Gasteiger partial charge in [-0.25, -0.2) is 14.6 Å². The van der Waals surface area contributed by atoms with E-state index in [0.29, 0.717) is 11.1 Å². The monoisotopic (exact) mass is 493 g/mol. The first-order chi connectivity index (χ1) is 18.1. The summed E-state index contributed by atoms with van der Waals surface area (Å²) in [5, 5.41) is 0.790. The van der Waals surface area contributed by atoms with Gasteiger partial charge in [0.25, 0.3) is 0 Å². The van der Waals surface area contributed by atoms with E-state index in [1.165, 1.54) is 7.11 Å². The number of allylic oxidation sites excluding steroid dienone is 1. The van der Waals surface area contributed by atoms with Crippen molar-refractivity contribution < 1.29 is 23.8 Å². The molecule has 1 aliphatic carbocycles. The lowest BCUT2D eigenvalue weighted by Crippen LogP contribution is -2.15. The molecule has 4 aromatic rings. The van der Waals surface area contributed by atoms with Crippen LogP contribution in [0.15, 0.2) is 72.8 Å². The first kappa shape index (κ1) is 24.3. The fraction of sp³-hybridized carbons (Fsp3) is 0.194. The van der Waals surface area contributed by atoms with E-state index in [9.17, 15) is 9.59 Å². The zero-order chi connectivity index (χ0) is 25.8. The second-order valence-electron chi connectivity index (χ2n) is 8.89. The molecule has 0 spiro atoms. The number of ether oxygens (including phenoxy) is 3. The van der Waals surface area contributed by atoms with Gasteiger partial charge in [0.05, 0.1) is 36.6 Å². The van der Waals surface area contributed by atoms with E-state index in [1.54, 1.807) is 31.4 Å². The van der Waals surface area contributed by atoms with Crippen LogP contribution in [-0.4, -0.2) is 31.1 Å². The number of pyridine rings is 1. The summed E-state index contributed by atoms with van der Waals surface area (Å²) < 4.78 is 15.8. The lowest BCUT2D eigenvalue weighted by Gasteiger charge is -2.22. The normalized spacial score (nSPS) is 13.7. The number of methoxy groups -OCH3 is 2. The maximum Gasteiger partial charge on any atom is 0.339 e. The molecule has 37 heavy (non-hydrogen) atoms. The van der Waals surface area contributed by atoms with Crippen molar-refractivity contribution in [2.24, 2.45) is 0 Å². The van der Waals surface area contributed by atoms with Crippen molar-refractivity contribution in [3.05, 3.63) is 106 Å². The van der Waals surface area contributed by atoms with Crippen molar-refractivity contribution in [2.75, 3.05) is 14.2 Å². The standard InChI is InChI=1S/C31H27NO5/c1-35-24-16-12-20(13-17-24)18-23-6-5-8-26-28(25-7-3-4-9-27(25)32-29(23)26)31(34)37-19-21-10-14-22(15-11-21)30(33)36-2/h3-4,7,9-18H,5-6,8,19H2,1-2H3. The summed E-state index contributed by atoms with van der Waals surface area (Å²) in [5.74, 6) is 0.0230. The predicted molar refractivity (Wildman–Crippen MR) is 142 cm³/mol. The fourth-order valence-corrected chi connectivity index (χ4v) is 4.69. The van der Waals surface area contributed by atoms with Crippen LogP contribution in [0.25, 0.3) is 22.6 Å². The lowest BCUT2D eigenvalue weighted by atomic mass is 9.86. The molecule has 6 heteroatoms. The van der Waals surface area contributed by atoms with Crippen molar-refractivity contribution in [1.82, 2.24) is 4.98 Å². The highest BCUT2D eigenvalue weighted by atomic mass is 16.5. The quantitative estimate of drug-likeness (QED) is 0.295. The molecule has 0 radical (unpaired) electrons. The van der Waals surface area contributed by atoms with Gasteiger partial charge in [-0.05, 0) is 77.9 Å². The summed E-state index contributed by atoms with van der Waals surface area (Å²) in [4.78, 5) is 30.2. The molecule has 186 valence electrons. The molecule has 0 N–H and O–H groups in total. The first-order valence-corrected chi connectivity index (χ1v) is 12.2. The number of carbonyl (C=O) groups is 2. The number of carbonyl (C=O) groups excluding carboxylic acids is 2. The van der Waals surface area contributed by atoms with Crippen LogP contribution in [0.3, 0.4) is 0 Å². The smallest absolute Gasteiger partial charge is 0.339 e. The number of aromatic nitrogens is 1. The van der Waals surface area contributed by atoms with Crippen molar-refractivity contribution in [3.63, 3.8) is 0 Å². The molecule has 1 aliphatic rings. The summed E-state index contributed by atoms with van der Waals surface area (Å²) in [6.07, 6.45) is 4.69. The molecule has 6 nitrogen and oxygen atoms in total. The summed E-state index contributed by atoms with van der Waals surface area (Å²) >= 11 is 0. The van der Waals surface area contributed by atoms with Crippen molar-refractivity contribution in [1.29, 1.82) is 0 Å². The Bertz CT molecular complexity index is 1490. The molecule has 5 rings (SSSR count). The van der Waals surface area contributed by atoms with Crippen LogP contribution < -0.4 is 4.74 Å². The van der Waals surface area contributed by atoms with Crippen LogP contribution in [0.1, 0.15) is 55.9 Å². The van der Waals surface area contributed by atoms with Gasteiger partial charge < -0.3 is 14.2 Å². The van der Waals surface area contributed by atoms with Gasteiger partial charge in [0.15, 0.2) is 0 Å². The molecule has 0 aliphatic heterocycles. The van der Waals surface area contributed by atoms with E-state index < -0.39 is 5.97 Å². The molecule has 0 bridgehead atoms.